The van der Waals surface area contributed by atoms with E-state index in [0.29, 0.717) is 0 Å². The molecule has 9 rings (SSSR count). The molecule has 2 heteroatoms. The van der Waals surface area contributed by atoms with Crippen LogP contribution in [0.4, 0.5) is 0 Å². The predicted octanol–water partition coefficient (Wildman–Crippen LogP) is 10.6. The summed E-state index contributed by atoms with van der Waals surface area (Å²) < 4.78 is 8.96. The zero-order valence-corrected chi connectivity index (χ0v) is 21.6. The van der Waals surface area contributed by atoms with Crippen molar-refractivity contribution in [2.45, 2.75) is 0 Å². The van der Waals surface area contributed by atoms with Crippen LogP contribution in [0.25, 0.3) is 82.6 Å². The van der Waals surface area contributed by atoms with E-state index in [1.54, 1.807) is 0 Å². The Morgan fingerprint density at radius 2 is 1.07 bits per heavy atom. The van der Waals surface area contributed by atoms with Gasteiger partial charge in [0.25, 0.3) is 0 Å². The van der Waals surface area contributed by atoms with Gasteiger partial charge in [0.1, 0.15) is 11.2 Å². The smallest absolute Gasteiger partial charge is 0.137 e. The molecular weight excluding hydrogens is 486 g/mol. The van der Waals surface area contributed by atoms with E-state index in [2.05, 4.69) is 144 Å². The third-order valence-electron chi connectivity index (χ3n) is 8.33. The first kappa shape index (κ1) is 21.6. The van der Waals surface area contributed by atoms with Crippen molar-refractivity contribution in [3.63, 3.8) is 0 Å². The van der Waals surface area contributed by atoms with Gasteiger partial charge < -0.3 is 8.82 Å². The number of furan rings is 1. The van der Waals surface area contributed by atoms with Gasteiger partial charge in [-0.1, -0.05) is 109 Å². The summed E-state index contributed by atoms with van der Waals surface area (Å²) in [6.45, 7) is 0. The quantitative estimate of drug-likeness (QED) is 0.232. The van der Waals surface area contributed by atoms with Crippen LogP contribution in [0.3, 0.4) is 0 Å². The molecule has 0 bridgehead atoms. The molecule has 9 aromatic rings. The highest BCUT2D eigenvalue weighted by molar-refractivity contribution is 6.30. The summed E-state index contributed by atoms with van der Waals surface area (Å²) in [5, 5.41) is 6.03. The summed E-state index contributed by atoms with van der Waals surface area (Å²) in [4.78, 5) is 0. The molecule has 2 nitrogen and oxygen atoms in total. The van der Waals surface area contributed by atoms with Crippen molar-refractivity contribution in [1.82, 2.24) is 4.40 Å². The lowest BCUT2D eigenvalue weighted by atomic mass is 9.95. The standard InChI is InChI=1S/C38H23NO/c1-3-11-24(12-4-1)26-15-9-16-27(23-26)37-34(25-13-5-2-6-14-25)30-21-22-33-36-35-29(18-10-20-32(35)40-33)28-17-7-8-19-31(28)39(37)38(30)36/h1-23H. The molecule has 0 fully saturated rings. The Labute approximate surface area is 230 Å². The normalized spacial score (nSPS) is 12.0. The number of benzene rings is 6. The second kappa shape index (κ2) is 8.08. The number of fused-ring (bicyclic) bond motifs is 3. The van der Waals surface area contributed by atoms with E-state index in [1.807, 2.05) is 0 Å². The molecule has 186 valence electrons. The fourth-order valence-corrected chi connectivity index (χ4v) is 6.69. The first-order valence-electron chi connectivity index (χ1n) is 13.7. The average Bonchev–Trinajstić information content (AvgIpc) is 3.54. The van der Waals surface area contributed by atoms with Crippen LogP contribution in [0.2, 0.25) is 0 Å². The van der Waals surface area contributed by atoms with Gasteiger partial charge in [0.15, 0.2) is 0 Å². The van der Waals surface area contributed by atoms with Crippen LogP contribution < -0.4 is 0 Å². The number of nitrogens with zero attached hydrogens (tertiary/aromatic N) is 1. The number of hydrogen-bond donors (Lipinski definition) is 0. The third-order valence-corrected chi connectivity index (χ3v) is 8.33. The van der Waals surface area contributed by atoms with Crippen LogP contribution in [0, 0.1) is 0 Å². The van der Waals surface area contributed by atoms with Crippen LogP contribution in [-0.4, -0.2) is 4.40 Å². The van der Waals surface area contributed by atoms with Crippen molar-refractivity contribution in [3.8, 4) is 33.5 Å². The Morgan fingerprint density at radius 1 is 0.425 bits per heavy atom. The first-order chi connectivity index (χ1) is 19.9. The third kappa shape index (κ3) is 2.88. The molecule has 40 heavy (non-hydrogen) atoms. The van der Waals surface area contributed by atoms with E-state index < -0.39 is 0 Å². The number of rotatable bonds is 3. The molecule has 0 aliphatic carbocycles. The summed E-state index contributed by atoms with van der Waals surface area (Å²) in [7, 11) is 0. The number of para-hydroxylation sites is 1. The molecule has 0 aliphatic heterocycles. The number of aromatic nitrogens is 1. The second-order valence-corrected chi connectivity index (χ2v) is 10.5. The van der Waals surface area contributed by atoms with E-state index in [1.165, 1.54) is 71.5 Å². The highest BCUT2D eigenvalue weighted by atomic mass is 16.3. The lowest BCUT2D eigenvalue weighted by molar-refractivity contribution is 0.669. The summed E-state index contributed by atoms with van der Waals surface area (Å²) in [6, 6.07) is 50.0. The molecule has 0 spiro atoms. The number of hydrogen-bond acceptors (Lipinski definition) is 1. The van der Waals surface area contributed by atoms with Crippen LogP contribution in [0.5, 0.6) is 0 Å². The van der Waals surface area contributed by atoms with Crippen molar-refractivity contribution in [2.24, 2.45) is 0 Å². The molecular formula is C38H23NO. The van der Waals surface area contributed by atoms with Gasteiger partial charge in [-0.15, -0.1) is 0 Å². The van der Waals surface area contributed by atoms with Gasteiger partial charge in [-0.2, -0.15) is 0 Å². The maximum absolute atomic E-state index is 6.47. The molecule has 3 aromatic heterocycles. The molecule has 0 aliphatic rings. The zero-order valence-electron chi connectivity index (χ0n) is 21.6. The molecule has 6 aromatic carbocycles. The molecule has 0 radical (unpaired) electrons. The minimum atomic E-state index is 0.922. The molecule has 0 saturated heterocycles. The van der Waals surface area contributed by atoms with Crippen molar-refractivity contribution in [1.29, 1.82) is 0 Å². The summed E-state index contributed by atoms with van der Waals surface area (Å²) in [5.41, 5.74) is 11.5. The Balaban J connectivity index is 1.56. The summed E-state index contributed by atoms with van der Waals surface area (Å²) in [5.74, 6) is 0. The second-order valence-electron chi connectivity index (χ2n) is 10.5. The molecule has 0 N–H and O–H groups in total. The topological polar surface area (TPSA) is 17.6 Å². The first-order valence-corrected chi connectivity index (χ1v) is 13.7. The van der Waals surface area contributed by atoms with Gasteiger partial charge in [-0.05, 0) is 58.0 Å². The maximum atomic E-state index is 6.47. The van der Waals surface area contributed by atoms with Crippen LogP contribution in [0.1, 0.15) is 0 Å². The van der Waals surface area contributed by atoms with E-state index >= 15 is 0 Å². The average molecular weight is 510 g/mol. The van der Waals surface area contributed by atoms with Gasteiger partial charge in [0, 0.05) is 21.7 Å². The fourth-order valence-electron chi connectivity index (χ4n) is 6.69. The van der Waals surface area contributed by atoms with Crippen LogP contribution >= 0.6 is 0 Å². The SMILES string of the molecule is c1ccc(-c2cccc(-c3c(-c4ccccc4)c4ccc5oc6cccc7c8ccccc8n3c4c5c67)c2)cc1. The largest absolute Gasteiger partial charge is 0.456 e. The Kier molecular flexibility index (Phi) is 4.36. The predicted molar refractivity (Wildman–Crippen MR) is 167 cm³/mol. The fraction of sp³-hybridized carbons (Fsp3) is 0. The molecule has 0 atom stereocenters. The Hall–Kier alpha value is -5.34. The van der Waals surface area contributed by atoms with E-state index in [4.69, 9.17) is 4.42 Å². The zero-order chi connectivity index (χ0) is 26.2. The van der Waals surface area contributed by atoms with Crippen LogP contribution in [0.15, 0.2) is 144 Å². The Bertz CT molecular complexity index is 2360. The maximum Gasteiger partial charge on any atom is 0.137 e. The van der Waals surface area contributed by atoms with E-state index in [-0.39, 0.29) is 0 Å². The molecule has 3 heterocycles. The van der Waals surface area contributed by atoms with Crippen LogP contribution in [-0.2, 0) is 0 Å². The summed E-state index contributed by atoms with van der Waals surface area (Å²) in [6.07, 6.45) is 0. The highest BCUT2D eigenvalue weighted by Gasteiger charge is 2.25. The van der Waals surface area contributed by atoms with Crippen molar-refractivity contribution in [3.05, 3.63) is 140 Å². The van der Waals surface area contributed by atoms with Crippen molar-refractivity contribution >= 4 is 49.1 Å². The highest BCUT2D eigenvalue weighted by Crippen LogP contribution is 2.48. The van der Waals surface area contributed by atoms with Gasteiger partial charge in [-0.25, -0.2) is 0 Å². The summed E-state index contributed by atoms with van der Waals surface area (Å²) >= 11 is 0. The van der Waals surface area contributed by atoms with Crippen molar-refractivity contribution < 1.29 is 4.42 Å². The van der Waals surface area contributed by atoms with E-state index in [9.17, 15) is 0 Å². The van der Waals surface area contributed by atoms with E-state index in [0.717, 1.165) is 11.2 Å². The lowest BCUT2D eigenvalue weighted by Gasteiger charge is -2.11. The Morgan fingerprint density at radius 3 is 1.93 bits per heavy atom. The molecule has 0 unspecified atom stereocenters. The molecule has 0 amide bonds. The van der Waals surface area contributed by atoms with Crippen molar-refractivity contribution in [2.75, 3.05) is 0 Å². The van der Waals surface area contributed by atoms with Gasteiger partial charge in [-0.3, -0.25) is 0 Å². The van der Waals surface area contributed by atoms with Gasteiger partial charge in [0.05, 0.1) is 22.1 Å². The minimum Gasteiger partial charge on any atom is -0.456 e. The lowest BCUT2D eigenvalue weighted by Crippen LogP contribution is -1.91. The minimum absolute atomic E-state index is 0.922. The monoisotopic (exact) mass is 509 g/mol. The van der Waals surface area contributed by atoms with Gasteiger partial charge in [0.2, 0.25) is 0 Å². The van der Waals surface area contributed by atoms with Gasteiger partial charge >= 0.3 is 0 Å². The molecule has 0 saturated carbocycles.